The van der Waals surface area contributed by atoms with E-state index in [9.17, 15) is 19.5 Å². The van der Waals surface area contributed by atoms with Gasteiger partial charge in [0.1, 0.15) is 0 Å². The molecule has 1 atom stereocenters. The quantitative estimate of drug-likeness (QED) is 0.676. The van der Waals surface area contributed by atoms with E-state index in [1.165, 1.54) is 11.3 Å². The summed E-state index contributed by atoms with van der Waals surface area (Å²) >= 11 is 1.37. The summed E-state index contributed by atoms with van der Waals surface area (Å²) in [5.74, 6) is -1.47. The number of β-amino-alcohol motifs (C(OH)–C–C–N with tert-alkyl or cyclic N) is 1. The second kappa shape index (κ2) is 6.36. The summed E-state index contributed by atoms with van der Waals surface area (Å²) in [7, 11) is 0. The molecule has 0 unspecified atom stereocenters. The maximum Gasteiger partial charge on any atom is 0.437 e. The van der Waals surface area contributed by atoms with Crippen molar-refractivity contribution in [2.45, 2.75) is 12.6 Å². The smallest absolute Gasteiger partial charge is 0.389 e. The van der Waals surface area contributed by atoms with Crippen LogP contribution in [0.15, 0.2) is 51.0 Å². The molecule has 132 valence electrons. The predicted molar refractivity (Wildman–Crippen MR) is 91.9 cm³/mol. The highest BCUT2D eigenvalue weighted by molar-refractivity contribution is 7.13. The van der Waals surface area contributed by atoms with Gasteiger partial charge in [-0.2, -0.15) is 4.68 Å². The van der Waals surface area contributed by atoms with Crippen molar-refractivity contribution in [3.8, 4) is 10.8 Å². The maximum absolute atomic E-state index is 12.3. The molecule has 0 radical (unpaired) electrons. The van der Waals surface area contributed by atoms with Gasteiger partial charge in [-0.1, -0.05) is 18.2 Å². The number of nitrogens with zero attached hydrogens (tertiary/aromatic N) is 3. The average Bonchev–Trinajstić information content (AvgIpc) is 3.33. The van der Waals surface area contributed by atoms with E-state index in [1.54, 1.807) is 36.4 Å². The van der Waals surface area contributed by atoms with E-state index in [0.717, 1.165) is 9.58 Å². The molecule has 0 bridgehead atoms. The summed E-state index contributed by atoms with van der Waals surface area (Å²) < 4.78 is 6.05. The van der Waals surface area contributed by atoms with Crippen molar-refractivity contribution in [1.82, 2.24) is 14.7 Å². The van der Waals surface area contributed by atoms with Crippen molar-refractivity contribution in [1.29, 1.82) is 0 Å². The molecular weight excluding hydrogens is 358 g/mol. The number of rotatable bonds is 5. The Morgan fingerprint density at radius 3 is 2.35 bits per heavy atom. The van der Waals surface area contributed by atoms with Crippen LogP contribution in [0.3, 0.4) is 0 Å². The Morgan fingerprint density at radius 1 is 1.04 bits per heavy atom. The lowest BCUT2D eigenvalue weighted by Gasteiger charge is -2.17. The zero-order valence-electron chi connectivity index (χ0n) is 13.4. The van der Waals surface area contributed by atoms with Gasteiger partial charge in [0.25, 0.3) is 17.7 Å². The van der Waals surface area contributed by atoms with Crippen molar-refractivity contribution >= 4 is 23.2 Å². The summed E-state index contributed by atoms with van der Waals surface area (Å²) in [4.78, 5) is 38.2. The van der Waals surface area contributed by atoms with Crippen LogP contribution in [0.5, 0.6) is 0 Å². The molecule has 3 heterocycles. The van der Waals surface area contributed by atoms with Crippen LogP contribution >= 0.6 is 11.3 Å². The molecule has 2 amide bonds. The fourth-order valence-corrected chi connectivity index (χ4v) is 3.44. The van der Waals surface area contributed by atoms with Crippen molar-refractivity contribution in [2.24, 2.45) is 0 Å². The fraction of sp³-hybridized carbons (Fsp3) is 0.176. The average molecular weight is 371 g/mol. The SMILES string of the molecule is O=C1c2ccccc2C(=O)N1C[C@H](O)Cn1nc(-c2cccs2)oc1=O. The molecule has 0 aliphatic carbocycles. The minimum atomic E-state index is -1.16. The summed E-state index contributed by atoms with van der Waals surface area (Å²) in [6.45, 7) is -0.429. The van der Waals surface area contributed by atoms with E-state index in [4.69, 9.17) is 4.42 Å². The van der Waals surface area contributed by atoms with Gasteiger partial charge in [0, 0.05) is 0 Å². The molecule has 1 aliphatic heterocycles. The van der Waals surface area contributed by atoms with Gasteiger partial charge in [0.2, 0.25) is 0 Å². The van der Waals surface area contributed by atoms with Gasteiger partial charge in [-0.05, 0) is 23.6 Å². The third-order valence-electron chi connectivity index (χ3n) is 3.99. The van der Waals surface area contributed by atoms with Gasteiger partial charge in [0.15, 0.2) is 0 Å². The Kier molecular flexibility index (Phi) is 4.02. The van der Waals surface area contributed by atoms with Crippen LogP contribution in [0.1, 0.15) is 20.7 Å². The second-order valence-electron chi connectivity index (χ2n) is 5.75. The Balaban J connectivity index is 1.49. The molecule has 8 nitrogen and oxygen atoms in total. The van der Waals surface area contributed by atoms with Crippen molar-refractivity contribution in [3.05, 3.63) is 63.5 Å². The summed E-state index contributed by atoms with van der Waals surface area (Å²) in [6.07, 6.45) is -1.16. The van der Waals surface area contributed by atoms with Crippen LogP contribution in [0.4, 0.5) is 0 Å². The minimum Gasteiger partial charge on any atom is -0.389 e. The molecule has 1 aromatic carbocycles. The molecule has 0 fully saturated rings. The molecule has 0 spiro atoms. The number of aliphatic hydroxyl groups is 1. The van der Waals surface area contributed by atoms with Crippen LogP contribution in [0.2, 0.25) is 0 Å². The van der Waals surface area contributed by atoms with Crippen molar-refractivity contribution in [3.63, 3.8) is 0 Å². The Hall–Kier alpha value is -3.04. The van der Waals surface area contributed by atoms with E-state index in [-0.39, 0.29) is 19.0 Å². The zero-order valence-corrected chi connectivity index (χ0v) is 14.2. The van der Waals surface area contributed by atoms with Crippen LogP contribution in [0.25, 0.3) is 10.8 Å². The van der Waals surface area contributed by atoms with Gasteiger partial charge < -0.3 is 9.52 Å². The predicted octanol–water partition coefficient (Wildman–Crippen LogP) is 1.22. The number of benzene rings is 1. The van der Waals surface area contributed by atoms with E-state index >= 15 is 0 Å². The first-order chi connectivity index (χ1) is 12.5. The number of aliphatic hydroxyl groups excluding tert-OH is 1. The summed E-state index contributed by atoms with van der Waals surface area (Å²) in [5.41, 5.74) is 0.617. The van der Waals surface area contributed by atoms with E-state index in [1.807, 2.05) is 5.38 Å². The molecule has 26 heavy (non-hydrogen) atoms. The third kappa shape index (κ3) is 2.76. The number of thiophene rings is 1. The molecular formula is C17H13N3O5S. The highest BCUT2D eigenvalue weighted by Gasteiger charge is 2.36. The molecule has 0 saturated heterocycles. The molecule has 9 heteroatoms. The second-order valence-corrected chi connectivity index (χ2v) is 6.70. The number of imide groups is 1. The topological polar surface area (TPSA) is 106 Å². The normalized spacial score (nSPS) is 14.7. The Morgan fingerprint density at radius 2 is 1.73 bits per heavy atom. The summed E-state index contributed by atoms with van der Waals surface area (Å²) in [5, 5.41) is 16.1. The highest BCUT2D eigenvalue weighted by Crippen LogP contribution is 2.23. The van der Waals surface area contributed by atoms with Crippen molar-refractivity contribution < 1.29 is 19.1 Å². The maximum atomic E-state index is 12.3. The number of carbonyl (C=O) groups is 2. The minimum absolute atomic E-state index is 0.165. The van der Waals surface area contributed by atoms with Crippen LogP contribution in [-0.2, 0) is 6.54 Å². The largest absolute Gasteiger partial charge is 0.437 e. The first-order valence-electron chi connectivity index (χ1n) is 7.79. The standard InChI is InChI=1S/C17H13N3O5S/c21-10(8-19-15(22)11-4-1-2-5-12(11)16(19)23)9-20-17(24)25-14(18-20)13-6-3-7-26-13/h1-7,10,21H,8-9H2/t10-/m0/s1. The number of hydrogen-bond donors (Lipinski definition) is 1. The lowest BCUT2D eigenvalue weighted by Crippen LogP contribution is -2.39. The number of aromatic nitrogens is 2. The number of hydrogen-bond acceptors (Lipinski definition) is 7. The molecule has 4 rings (SSSR count). The summed E-state index contributed by atoms with van der Waals surface area (Å²) in [6, 6.07) is 10.0. The number of carbonyl (C=O) groups excluding carboxylic acids is 2. The van der Waals surface area contributed by atoms with Crippen molar-refractivity contribution in [2.75, 3.05) is 6.54 Å². The monoisotopic (exact) mass is 371 g/mol. The van der Waals surface area contributed by atoms with E-state index in [2.05, 4.69) is 5.10 Å². The third-order valence-corrected chi connectivity index (χ3v) is 4.85. The fourth-order valence-electron chi connectivity index (χ4n) is 2.79. The van der Waals surface area contributed by atoms with Crippen LogP contribution in [0, 0.1) is 0 Å². The first-order valence-corrected chi connectivity index (χ1v) is 8.67. The Labute approximate surface area is 150 Å². The molecule has 3 aromatic rings. The van der Waals surface area contributed by atoms with Gasteiger partial charge in [-0.3, -0.25) is 14.5 Å². The van der Waals surface area contributed by atoms with Gasteiger partial charge in [-0.25, -0.2) is 4.79 Å². The molecule has 1 aliphatic rings. The zero-order chi connectivity index (χ0) is 18.3. The van der Waals surface area contributed by atoms with E-state index in [0.29, 0.717) is 16.0 Å². The highest BCUT2D eigenvalue weighted by atomic mass is 32.1. The Bertz CT molecular complexity index is 1000. The molecule has 1 N–H and O–H groups in total. The lowest BCUT2D eigenvalue weighted by atomic mass is 10.1. The molecule has 2 aromatic heterocycles. The van der Waals surface area contributed by atoms with Gasteiger partial charge >= 0.3 is 5.76 Å². The van der Waals surface area contributed by atoms with Crippen LogP contribution in [-0.4, -0.2) is 44.3 Å². The number of fused-ring (bicyclic) bond motifs is 1. The van der Waals surface area contributed by atoms with Gasteiger partial charge in [-0.15, -0.1) is 16.4 Å². The number of amides is 2. The first kappa shape index (κ1) is 16.4. The van der Waals surface area contributed by atoms with E-state index < -0.39 is 23.7 Å². The molecule has 0 saturated carbocycles. The van der Waals surface area contributed by atoms with Gasteiger partial charge in [0.05, 0.1) is 35.2 Å². The van der Waals surface area contributed by atoms with Crippen LogP contribution < -0.4 is 5.76 Å². The lowest BCUT2D eigenvalue weighted by molar-refractivity contribution is 0.0512.